The molecule has 0 unspecified atom stereocenters. The first-order valence-electron chi connectivity index (χ1n) is 5.82. The van der Waals surface area contributed by atoms with E-state index in [2.05, 4.69) is 15.5 Å². The van der Waals surface area contributed by atoms with Gasteiger partial charge in [-0.2, -0.15) is 5.10 Å². The van der Waals surface area contributed by atoms with Gasteiger partial charge in [0.2, 0.25) is 0 Å². The van der Waals surface area contributed by atoms with Gasteiger partial charge in [-0.05, 0) is 30.4 Å². The lowest BCUT2D eigenvalue weighted by Crippen LogP contribution is -2.26. The SMILES string of the molecule is Cn1c(CCNC(=O)c2ccc(Cl)c(Cl)c2)n[nH]c1=S. The molecule has 5 nitrogen and oxygen atoms in total. The molecule has 2 rings (SSSR count). The lowest BCUT2D eigenvalue weighted by molar-refractivity contribution is 0.0954. The van der Waals surface area contributed by atoms with E-state index in [-0.39, 0.29) is 5.91 Å². The molecule has 106 valence electrons. The minimum absolute atomic E-state index is 0.208. The van der Waals surface area contributed by atoms with Crippen molar-refractivity contribution in [3.8, 4) is 0 Å². The molecular weight excluding hydrogens is 319 g/mol. The molecule has 0 saturated heterocycles. The Hall–Kier alpha value is -1.37. The van der Waals surface area contributed by atoms with Gasteiger partial charge >= 0.3 is 0 Å². The maximum atomic E-state index is 11.9. The van der Waals surface area contributed by atoms with Crippen molar-refractivity contribution in [1.82, 2.24) is 20.1 Å². The van der Waals surface area contributed by atoms with Crippen LogP contribution in [-0.4, -0.2) is 27.2 Å². The molecule has 2 N–H and O–H groups in total. The van der Waals surface area contributed by atoms with Gasteiger partial charge in [-0.3, -0.25) is 9.89 Å². The lowest BCUT2D eigenvalue weighted by atomic mass is 10.2. The number of halogens is 2. The summed E-state index contributed by atoms with van der Waals surface area (Å²) in [5.41, 5.74) is 0.467. The molecule has 1 aromatic heterocycles. The summed E-state index contributed by atoms with van der Waals surface area (Å²) in [6, 6.07) is 4.75. The highest BCUT2D eigenvalue weighted by Gasteiger charge is 2.08. The van der Waals surface area contributed by atoms with Crippen LogP contribution in [0, 0.1) is 4.77 Å². The molecule has 0 aliphatic rings. The second-order valence-corrected chi connectivity index (χ2v) is 5.34. The van der Waals surface area contributed by atoms with E-state index >= 15 is 0 Å². The third-order valence-electron chi connectivity index (χ3n) is 2.79. The van der Waals surface area contributed by atoms with E-state index in [9.17, 15) is 4.79 Å². The van der Waals surface area contributed by atoms with Gasteiger partial charge in [-0.15, -0.1) is 0 Å². The Labute approximate surface area is 130 Å². The Kier molecular flexibility index (Phi) is 4.80. The van der Waals surface area contributed by atoms with Gasteiger partial charge in [0.05, 0.1) is 10.0 Å². The Morgan fingerprint density at radius 3 is 2.80 bits per heavy atom. The number of nitrogens with one attached hydrogen (secondary N) is 2. The standard InChI is InChI=1S/C12H12Cl2N4OS/c1-18-10(16-17-12(18)20)4-5-15-11(19)7-2-3-8(13)9(14)6-7/h2-3,6H,4-5H2,1H3,(H,15,19)(H,17,20). The largest absolute Gasteiger partial charge is 0.352 e. The fourth-order valence-electron chi connectivity index (χ4n) is 1.63. The first-order chi connectivity index (χ1) is 9.49. The molecule has 2 aromatic rings. The minimum Gasteiger partial charge on any atom is -0.352 e. The van der Waals surface area contributed by atoms with Gasteiger partial charge in [0.15, 0.2) is 4.77 Å². The summed E-state index contributed by atoms with van der Waals surface area (Å²) in [5.74, 6) is 0.574. The summed E-state index contributed by atoms with van der Waals surface area (Å²) in [5, 5.41) is 10.3. The van der Waals surface area contributed by atoms with Crippen LogP contribution in [0.15, 0.2) is 18.2 Å². The van der Waals surface area contributed by atoms with Crippen LogP contribution in [-0.2, 0) is 13.5 Å². The first-order valence-corrected chi connectivity index (χ1v) is 6.99. The van der Waals surface area contributed by atoms with Crippen LogP contribution < -0.4 is 5.32 Å². The maximum Gasteiger partial charge on any atom is 0.251 e. The average Bonchev–Trinajstić information content (AvgIpc) is 2.73. The maximum absolute atomic E-state index is 11.9. The van der Waals surface area contributed by atoms with E-state index in [1.54, 1.807) is 16.7 Å². The van der Waals surface area contributed by atoms with E-state index in [1.165, 1.54) is 6.07 Å². The molecule has 8 heteroatoms. The van der Waals surface area contributed by atoms with Crippen molar-refractivity contribution in [3.63, 3.8) is 0 Å². The highest BCUT2D eigenvalue weighted by Crippen LogP contribution is 2.22. The Morgan fingerprint density at radius 1 is 1.45 bits per heavy atom. The highest BCUT2D eigenvalue weighted by molar-refractivity contribution is 7.71. The third kappa shape index (κ3) is 3.39. The number of hydrogen-bond acceptors (Lipinski definition) is 3. The lowest BCUT2D eigenvalue weighted by Gasteiger charge is -2.06. The van der Waals surface area contributed by atoms with Gasteiger partial charge in [0.1, 0.15) is 5.82 Å². The van der Waals surface area contributed by atoms with E-state index in [0.717, 1.165) is 5.82 Å². The number of aromatic amines is 1. The van der Waals surface area contributed by atoms with Gasteiger partial charge in [-0.25, -0.2) is 0 Å². The number of amides is 1. The van der Waals surface area contributed by atoms with Gasteiger partial charge in [-0.1, -0.05) is 23.2 Å². The Bertz CT molecular complexity index is 695. The molecule has 1 aromatic carbocycles. The van der Waals surface area contributed by atoms with Gasteiger partial charge in [0.25, 0.3) is 5.91 Å². The molecule has 0 saturated carbocycles. The van der Waals surface area contributed by atoms with Crippen LogP contribution >= 0.6 is 35.4 Å². The summed E-state index contributed by atoms with van der Waals surface area (Å²) >= 11 is 16.7. The van der Waals surface area contributed by atoms with Crippen molar-refractivity contribution in [2.24, 2.45) is 7.05 Å². The number of hydrogen-bond donors (Lipinski definition) is 2. The average molecular weight is 331 g/mol. The van der Waals surface area contributed by atoms with Gasteiger partial charge < -0.3 is 9.88 Å². The van der Waals surface area contributed by atoms with Crippen molar-refractivity contribution in [2.45, 2.75) is 6.42 Å². The summed E-state index contributed by atoms with van der Waals surface area (Å²) < 4.78 is 2.32. The number of carbonyl (C=O) groups excluding carboxylic acids is 1. The van der Waals surface area contributed by atoms with E-state index < -0.39 is 0 Å². The second-order valence-electron chi connectivity index (χ2n) is 4.14. The zero-order valence-electron chi connectivity index (χ0n) is 10.6. The van der Waals surface area contributed by atoms with Crippen LogP contribution in [0.25, 0.3) is 0 Å². The molecule has 0 spiro atoms. The fraction of sp³-hybridized carbons (Fsp3) is 0.250. The summed E-state index contributed by atoms with van der Waals surface area (Å²) in [6.45, 7) is 0.451. The van der Waals surface area contributed by atoms with Crippen molar-refractivity contribution in [1.29, 1.82) is 0 Å². The molecule has 0 fully saturated rings. The molecule has 0 aliphatic heterocycles. The highest BCUT2D eigenvalue weighted by atomic mass is 35.5. The van der Waals surface area contributed by atoms with E-state index in [4.69, 9.17) is 35.4 Å². The molecule has 0 radical (unpaired) electrons. The Morgan fingerprint density at radius 2 is 2.20 bits per heavy atom. The quantitative estimate of drug-likeness (QED) is 0.847. The summed E-state index contributed by atoms with van der Waals surface area (Å²) in [6.07, 6.45) is 0.580. The van der Waals surface area contributed by atoms with Crippen molar-refractivity contribution in [3.05, 3.63) is 44.4 Å². The van der Waals surface area contributed by atoms with Gasteiger partial charge in [0, 0.05) is 25.6 Å². The fourth-order valence-corrected chi connectivity index (χ4v) is 2.08. The zero-order valence-corrected chi connectivity index (χ0v) is 12.9. The van der Waals surface area contributed by atoms with Crippen LogP contribution in [0.4, 0.5) is 0 Å². The zero-order chi connectivity index (χ0) is 14.7. The first kappa shape index (κ1) is 15.0. The molecule has 1 amide bonds. The summed E-state index contributed by atoms with van der Waals surface area (Å²) in [7, 11) is 1.82. The van der Waals surface area contributed by atoms with Crippen LogP contribution in [0.1, 0.15) is 16.2 Å². The van der Waals surface area contributed by atoms with Crippen LogP contribution in [0.5, 0.6) is 0 Å². The van der Waals surface area contributed by atoms with E-state index in [1.807, 2.05) is 7.05 Å². The summed E-state index contributed by atoms with van der Waals surface area (Å²) in [4.78, 5) is 11.9. The topological polar surface area (TPSA) is 62.7 Å². The third-order valence-corrected chi connectivity index (χ3v) is 3.89. The molecule has 1 heterocycles. The van der Waals surface area contributed by atoms with Crippen molar-refractivity contribution < 1.29 is 4.79 Å². The molecule has 0 bridgehead atoms. The minimum atomic E-state index is -0.208. The Balaban J connectivity index is 1.94. The normalized spacial score (nSPS) is 10.6. The number of H-pyrrole nitrogens is 1. The van der Waals surface area contributed by atoms with Crippen molar-refractivity contribution >= 4 is 41.3 Å². The molecule has 0 atom stereocenters. The molecular formula is C12H12Cl2N4OS. The predicted octanol–water partition coefficient (Wildman–Crippen LogP) is 2.76. The number of aromatic nitrogens is 3. The van der Waals surface area contributed by atoms with Crippen molar-refractivity contribution in [2.75, 3.05) is 6.54 Å². The number of rotatable bonds is 4. The van der Waals surface area contributed by atoms with Crippen LogP contribution in [0.2, 0.25) is 10.0 Å². The number of benzene rings is 1. The second kappa shape index (κ2) is 6.39. The van der Waals surface area contributed by atoms with Crippen LogP contribution in [0.3, 0.4) is 0 Å². The number of nitrogens with zero attached hydrogens (tertiary/aromatic N) is 2. The van der Waals surface area contributed by atoms with E-state index in [0.29, 0.717) is 33.3 Å². The molecule has 20 heavy (non-hydrogen) atoms. The monoisotopic (exact) mass is 330 g/mol. The smallest absolute Gasteiger partial charge is 0.251 e. The predicted molar refractivity (Wildman–Crippen MR) is 80.9 cm³/mol. The molecule has 0 aliphatic carbocycles. The number of carbonyl (C=O) groups is 1.